The van der Waals surface area contributed by atoms with Crippen LogP contribution in [0, 0.1) is 0 Å². The molecule has 142 valence electrons. The van der Waals surface area contributed by atoms with E-state index in [1.54, 1.807) is 18.3 Å². The molecule has 1 amide bonds. The van der Waals surface area contributed by atoms with Gasteiger partial charge in [0.1, 0.15) is 5.75 Å². The van der Waals surface area contributed by atoms with Crippen LogP contribution >= 0.6 is 15.9 Å². The lowest BCUT2D eigenvalue weighted by Crippen LogP contribution is -2.45. The number of carbonyl (C=O) groups excluding carboxylic acids is 1. The predicted molar refractivity (Wildman–Crippen MR) is 108 cm³/mol. The van der Waals surface area contributed by atoms with Crippen molar-refractivity contribution < 1.29 is 9.53 Å². The standard InChI is InChI=1S/C21H24BrN3O2/c22-17-4-6-19(7-5-17)27-20-8-3-16(15-23-20)21(26)25-13-9-18(10-14-25)24-11-1-2-12-24/h3-8,15,18H,1-2,9-14H2. The van der Waals surface area contributed by atoms with Crippen molar-refractivity contribution in [1.82, 2.24) is 14.8 Å². The number of likely N-dealkylation sites (tertiary alicyclic amines) is 2. The minimum atomic E-state index is 0.0672. The Bertz CT molecular complexity index is 765. The fraction of sp³-hybridized carbons (Fsp3) is 0.429. The average Bonchev–Trinajstić information content (AvgIpc) is 3.25. The number of benzene rings is 1. The molecule has 0 N–H and O–H groups in total. The topological polar surface area (TPSA) is 45.7 Å². The number of halogens is 1. The first-order valence-corrected chi connectivity index (χ1v) is 10.4. The number of piperidine rings is 1. The second-order valence-electron chi connectivity index (χ2n) is 7.21. The van der Waals surface area contributed by atoms with Gasteiger partial charge in [0.15, 0.2) is 0 Å². The number of nitrogens with zero attached hydrogens (tertiary/aromatic N) is 3. The molecule has 0 unspecified atom stereocenters. The highest BCUT2D eigenvalue weighted by Crippen LogP contribution is 2.24. The molecule has 27 heavy (non-hydrogen) atoms. The molecule has 0 radical (unpaired) electrons. The van der Waals surface area contributed by atoms with Gasteiger partial charge in [-0.05, 0) is 69.1 Å². The zero-order valence-corrected chi connectivity index (χ0v) is 16.9. The number of aromatic nitrogens is 1. The average molecular weight is 430 g/mol. The van der Waals surface area contributed by atoms with Gasteiger partial charge in [-0.25, -0.2) is 4.98 Å². The summed E-state index contributed by atoms with van der Waals surface area (Å²) < 4.78 is 6.72. The van der Waals surface area contributed by atoms with Crippen LogP contribution in [-0.2, 0) is 0 Å². The van der Waals surface area contributed by atoms with Crippen LogP contribution in [-0.4, -0.2) is 52.9 Å². The fourth-order valence-corrected chi connectivity index (χ4v) is 4.18. The van der Waals surface area contributed by atoms with Crippen LogP contribution in [0.5, 0.6) is 11.6 Å². The van der Waals surface area contributed by atoms with Crippen molar-refractivity contribution in [3.8, 4) is 11.6 Å². The highest BCUT2D eigenvalue weighted by molar-refractivity contribution is 9.10. The number of hydrogen-bond acceptors (Lipinski definition) is 4. The maximum absolute atomic E-state index is 12.8. The Balaban J connectivity index is 1.33. The number of carbonyl (C=O) groups is 1. The van der Waals surface area contributed by atoms with E-state index in [1.165, 1.54) is 25.9 Å². The van der Waals surface area contributed by atoms with Gasteiger partial charge in [-0.15, -0.1) is 0 Å². The summed E-state index contributed by atoms with van der Waals surface area (Å²) >= 11 is 3.40. The zero-order chi connectivity index (χ0) is 18.6. The zero-order valence-electron chi connectivity index (χ0n) is 15.3. The van der Waals surface area contributed by atoms with Gasteiger partial charge in [0, 0.05) is 35.9 Å². The molecule has 3 heterocycles. The van der Waals surface area contributed by atoms with Crippen molar-refractivity contribution >= 4 is 21.8 Å². The normalized spacial score (nSPS) is 18.6. The maximum atomic E-state index is 12.8. The number of amides is 1. The summed E-state index contributed by atoms with van der Waals surface area (Å²) in [6, 6.07) is 11.8. The molecule has 0 bridgehead atoms. The predicted octanol–water partition coefficient (Wildman–Crippen LogP) is 4.34. The van der Waals surface area contributed by atoms with Crippen LogP contribution < -0.4 is 4.74 Å². The van der Waals surface area contributed by atoms with E-state index in [0.717, 1.165) is 30.4 Å². The van der Waals surface area contributed by atoms with E-state index in [1.807, 2.05) is 29.2 Å². The van der Waals surface area contributed by atoms with Gasteiger partial charge >= 0.3 is 0 Å². The van der Waals surface area contributed by atoms with E-state index in [4.69, 9.17) is 4.74 Å². The first kappa shape index (κ1) is 18.4. The van der Waals surface area contributed by atoms with Crippen LogP contribution in [0.25, 0.3) is 0 Å². The highest BCUT2D eigenvalue weighted by atomic mass is 79.9. The second kappa shape index (κ2) is 8.40. The molecule has 2 fully saturated rings. The molecule has 2 aromatic rings. The smallest absolute Gasteiger partial charge is 0.255 e. The van der Waals surface area contributed by atoms with Gasteiger partial charge in [-0.1, -0.05) is 15.9 Å². The number of pyridine rings is 1. The van der Waals surface area contributed by atoms with Crippen molar-refractivity contribution in [2.75, 3.05) is 26.2 Å². The van der Waals surface area contributed by atoms with Crippen LogP contribution in [0.4, 0.5) is 0 Å². The van der Waals surface area contributed by atoms with E-state index in [-0.39, 0.29) is 5.91 Å². The summed E-state index contributed by atoms with van der Waals surface area (Å²) in [6.45, 7) is 4.11. The van der Waals surface area contributed by atoms with Gasteiger partial charge in [0.25, 0.3) is 5.91 Å². The molecule has 0 atom stereocenters. The summed E-state index contributed by atoms with van der Waals surface area (Å²) in [7, 11) is 0. The molecule has 2 aliphatic heterocycles. The first-order valence-electron chi connectivity index (χ1n) is 9.62. The summed E-state index contributed by atoms with van der Waals surface area (Å²) in [5, 5.41) is 0. The van der Waals surface area contributed by atoms with Crippen LogP contribution in [0.2, 0.25) is 0 Å². The molecular weight excluding hydrogens is 406 g/mol. The first-order chi connectivity index (χ1) is 13.2. The molecular formula is C21H24BrN3O2. The molecule has 0 aliphatic carbocycles. The van der Waals surface area contributed by atoms with Gasteiger partial charge in [0.2, 0.25) is 5.88 Å². The number of ether oxygens (including phenoxy) is 1. The van der Waals surface area contributed by atoms with Crippen LogP contribution in [0.1, 0.15) is 36.0 Å². The molecule has 6 heteroatoms. The molecule has 0 spiro atoms. The van der Waals surface area contributed by atoms with Crippen LogP contribution in [0.3, 0.4) is 0 Å². The maximum Gasteiger partial charge on any atom is 0.255 e. The van der Waals surface area contributed by atoms with Gasteiger partial charge in [-0.2, -0.15) is 0 Å². The third-order valence-electron chi connectivity index (χ3n) is 5.43. The molecule has 0 saturated carbocycles. The Morgan fingerprint density at radius 3 is 2.33 bits per heavy atom. The third-order valence-corrected chi connectivity index (χ3v) is 5.96. The molecule has 1 aromatic heterocycles. The van der Waals surface area contributed by atoms with E-state index < -0.39 is 0 Å². The molecule has 4 rings (SSSR count). The highest BCUT2D eigenvalue weighted by Gasteiger charge is 2.28. The lowest BCUT2D eigenvalue weighted by Gasteiger charge is -2.36. The Morgan fingerprint density at radius 1 is 1.00 bits per heavy atom. The van der Waals surface area contributed by atoms with E-state index in [2.05, 4.69) is 25.8 Å². The molecule has 2 saturated heterocycles. The number of hydrogen-bond donors (Lipinski definition) is 0. The van der Waals surface area contributed by atoms with Crippen molar-refractivity contribution in [3.05, 3.63) is 52.6 Å². The van der Waals surface area contributed by atoms with Crippen molar-refractivity contribution in [2.24, 2.45) is 0 Å². The van der Waals surface area contributed by atoms with Gasteiger partial charge in [0.05, 0.1) is 5.56 Å². The Labute approximate surface area is 168 Å². The third kappa shape index (κ3) is 4.50. The molecule has 5 nitrogen and oxygen atoms in total. The molecule has 2 aliphatic rings. The van der Waals surface area contributed by atoms with Crippen LogP contribution in [0.15, 0.2) is 47.1 Å². The lowest BCUT2D eigenvalue weighted by molar-refractivity contribution is 0.0644. The monoisotopic (exact) mass is 429 g/mol. The minimum Gasteiger partial charge on any atom is -0.439 e. The Hall–Kier alpha value is -1.92. The quantitative estimate of drug-likeness (QED) is 0.724. The second-order valence-corrected chi connectivity index (χ2v) is 8.12. The van der Waals surface area contributed by atoms with E-state index in [9.17, 15) is 4.79 Å². The Kier molecular flexibility index (Phi) is 5.74. The largest absolute Gasteiger partial charge is 0.439 e. The van der Waals surface area contributed by atoms with Gasteiger partial charge in [-0.3, -0.25) is 4.79 Å². The Morgan fingerprint density at radius 2 is 1.70 bits per heavy atom. The van der Waals surface area contributed by atoms with Crippen molar-refractivity contribution in [2.45, 2.75) is 31.7 Å². The van der Waals surface area contributed by atoms with Crippen molar-refractivity contribution in [3.63, 3.8) is 0 Å². The number of rotatable bonds is 4. The van der Waals surface area contributed by atoms with Crippen molar-refractivity contribution in [1.29, 1.82) is 0 Å². The summed E-state index contributed by atoms with van der Waals surface area (Å²) in [5.41, 5.74) is 0.623. The summed E-state index contributed by atoms with van der Waals surface area (Å²) in [6.07, 6.45) is 6.40. The minimum absolute atomic E-state index is 0.0672. The summed E-state index contributed by atoms with van der Waals surface area (Å²) in [5.74, 6) is 1.27. The lowest BCUT2D eigenvalue weighted by atomic mass is 10.0. The van der Waals surface area contributed by atoms with Gasteiger partial charge < -0.3 is 14.5 Å². The summed E-state index contributed by atoms with van der Waals surface area (Å²) in [4.78, 5) is 21.6. The molecule has 1 aromatic carbocycles. The van der Waals surface area contributed by atoms with E-state index >= 15 is 0 Å². The SMILES string of the molecule is O=C(c1ccc(Oc2ccc(Br)cc2)nc1)N1CCC(N2CCCC2)CC1. The van der Waals surface area contributed by atoms with E-state index in [0.29, 0.717) is 23.2 Å². The fourth-order valence-electron chi connectivity index (χ4n) is 3.91.